The summed E-state index contributed by atoms with van der Waals surface area (Å²) < 4.78 is 0. The van der Waals surface area contributed by atoms with Crippen LogP contribution in [0.2, 0.25) is 0 Å². The Kier molecular flexibility index (Phi) is 5.15. The molecular weight excluding hydrogens is 256 g/mol. The van der Waals surface area contributed by atoms with Crippen molar-refractivity contribution in [2.75, 3.05) is 24.2 Å². The fourth-order valence-corrected chi connectivity index (χ4v) is 2.55. The van der Waals surface area contributed by atoms with Crippen molar-refractivity contribution in [3.8, 4) is 0 Å². The normalized spacial score (nSPS) is 10.4. The fourth-order valence-electron chi connectivity index (χ4n) is 1.79. The van der Waals surface area contributed by atoms with Crippen LogP contribution in [0.1, 0.15) is 23.8 Å². The van der Waals surface area contributed by atoms with E-state index in [1.807, 2.05) is 19.4 Å². The molecule has 0 aliphatic rings. The van der Waals surface area contributed by atoms with E-state index in [0.29, 0.717) is 0 Å². The van der Waals surface area contributed by atoms with Gasteiger partial charge in [0.2, 0.25) is 0 Å². The second-order valence-corrected chi connectivity index (χ2v) is 5.47. The topological polar surface area (TPSA) is 49.8 Å². The lowest BCUT2D eigenvalue weighted by Crippen LogP contribution is -2.02. The van der Waals surface area contributed by atoms with E-state index in [1.54, 1.807) is 11.3 Å². The summed E-state index contributed by atoms with van der Waals surface area (Å²) in [6.45, 7) is 3.12. The highest BCUT2D eigenvalue weighted by atomic mass is 32.1. The van der Waals surface area contributed by atoms with Gasteiger partial charge in [-0.1, -0.05) is 6.92 Å². The molecule has 0 unspecified atom stereocenters. The van der Waals surface area contributed by atoms with Gasteiger partial charge in [-0.05, 0) is 37.0 Å². The van der Waals surface area contributed by atoms with Crippen LogP contribution in [0, 0.1) is 0 Å². The highest BCUT2D eigenvalue weighted by Crippen LogP contribution is 2.19. The Balaban J connectivity index is 1.91. The van der Waals surface area contributed by atoms with Crippen LogP contribution in [-0.2, 0) is 12.8 Å². The van der Waals surface area contributed by atoms with Crippen molar-refractivity contribution in [3.63, 3.8) is 0 Å². The Morgan fingerprint density at radius 1 is 1.26 bits per heavy atom. The highest BCUT2D eigenvalue weighted by molar-refractivity contribution is 7.15. The summed E-state index contributed by atoms with van der Waals surface area (Å²) >= 11 is 1.72. The van der Waals surface area contributed by atoms with E-state index in [0.717, 1.165) is 36.8 Å². The maximum atomic E-state index is 4.32. The van der Waals surface area contributed by atoms with Gasteiger partial charge in [-0.3, -0.25) is 0 Å². The lowest BCUT2D eigenvalue weighted by molar-refractivity contribution is 0.951. The maximum absolute atomic E-state index is 4.32. The third kappa shape index (κ3) is 4.21. The maximum Gasteiger partial charge on any atom is 0.182 e. The van der Waals surface area contributed by atoms with Crippen LogP contribution >= 0.6 is 11.3 Å². The molecule has 2 aromatic rings. The Morgan fingerprint density at radius 3 is 2.89 bits per heavy atom. The summed E-state index contributed by atoms with van der Waals surface area (Å²) in [6, 6.07) is 4.22. The van der Waals surface area contributed by atoms with Gasteiger partial charge in [0.15, 0.2) is 5.13 Å². The van der Waals surface area contributed by atoms with Gasteiger partial charge in [-0.15, -0.1) is 11.3 Å². The first-order valence-corrected chi connectivity index (χ1v) is 7.44. The van der Waals surface area contributed by atoms with Crippen LogP contribution < -0.4 is 10.6 Å². The summed E-state index contributed by atoms with van der Waals surface area (Å²) in [7, 11) is 1.90. The monoisotopic (exact) mass is 276 g/mol. The van der Waals surface area contributed by atoms with E-state index < -0.39 is 0 Å². The van der Waals surface area contributed by atoms with Crippen molar-refractivity contribution >= 4 is 22.3 Å². The van der Waals surface area contributed by atoms with Crippen LogP contribution in [-0.4, -0.2) is 23.6 Å². The van der Waals surface area contributed by atoms with Crippen molar-refractivity contribution in [2.24, 2.45) is 0 Å². The van der Waals surface area contributed by atoms with Gasteiger partial charge in [0.25, 0.3) is 0 Å². The van der Waals surface area contributed by atoms with E-state index in [2.05, 4.69) is 39.7 Å². The zero-order valence-electron chi connectivity index (χ0n) is 11.4. The smallest absolute Gasteiger partial charge is 0.182 e. The lowest BCUT2D eigenvalue weighted by Gasteiger charge is -2.05. The van der Waals surface area contributed by atoms with Crippen LogP contribution in [0.5, 0.6) is 0 Å². The van der Waals surface area contributed by atoms with Crippen molar-refractivity contribution in [2.45, 2.75) is 26.2 Å². The molecule has 0 atom stereocenters. The number of rotatable bonds is 7. The van der Waals surface area contributed by atoms with Crippen LogP contribution in [0.4, 0.5) is 10.9 Å². The molecule has 0 amide bonds. The summed E-state index contributed by atoms with van der Waals surface area (Å²) in [5.74, 6) is 0.972. The van der Waals surface area contributed by atoms with Crippen LogP contribution in [0.15, 0.2) is 24.5 Å². The number of hydrogen-bond acceptors (Lipinski definition) is 5. The molecule has 0 saturated carbocycles. The number of thiazole rings is 1. The van der Waals surface area contributed by atoms with Gasteiger partial charge in [0.05, 0.1) is 0 Å². The number of hydrogen-bond donors (Lipinski definition) is 2. The van der Waals surface area contributed by atoms with Crippen LogP contribution in [0.3, 0.4) is 0 Å². The molecule has 0 aromatic carbocycles. The van der Waals surface area contributed by atoms with E-state index >= 15 is 0 Å². The van der Waals surface area contributed by atoms with Gasteiger partial charge in [-0.25, -0.2) is 9.97 Å². The molecule has 2 N–H and O–H groups in total. The first-order valence-electron chi connectivity index (χ1n) is 6.63. The van der Waals surface area contributed by atoms with Gasteiger partial charge in [0, 0.05) is 30.9 Å². The summed E-state index contributed by atoms with van der Waals surface area (Å²) in [4.78, 5) is 9.92. The second kappa shape index (κ2) is 7.09. The van der Waals surface area contributed by atoms with Crippen molar-refractivity contribution < 1.29 is 0 Å². The molecular formula is C14H20N4S. The standard InChI is InChI=1S/C14H20N4S/c1-3-7-16-13-9-11(6-8-17-13)4-5-12-10-18-14(15-2)19-12/h6,8-10H,3-5,7H2,1-2H3,(H,15,18)(H,16,17). The van der Waals surface area contributed by atoms with E-state index in [9.17, 15) is 0 Å². The number of anilines is 2. The molecule has 0 aliphatic carbocycles. The Hall–Kier alpha value is -1.62. The minimum absolute atomic E-state index is 0.969. The van der Waals surface area contributed by atoms with E-state index in [-0.39, 0.29) is 0 Å². The molecule has 0 bridgehead atoms. The second-order valence-electron chi connectivity index (χ2n) is 4.36. The Bertz CT molecular complexity index is 510. The molecule has 4 nitrogen and oxygen atoms in total. The zero-order chi connectivity index (χ0) is 13.5. The highest BCUT2D eigenvalue weighted by Gasteiger charge is 2.02. The average molecular weight is 276 g/mol. The number of pyridine rings is 1. The number of nitrogens with zero attached hydrogens (tertiary/aromatic N) is 2. The predicted molar refractivity (Wildman–Crippen MR) is 82.1 cm³/mol. The van der Waals surface area contributed by atoms with Crippen LogP contribution in [0.25, 0.3) is 0 Å². The SMILES string of the molecule is CCCNc1cc(CCc2cnc(NC)s2)ccn1. The summed E-state index contributed by atoms with van der Waals surface area (Å²) in [6.07, 6.45) is 6.98. The van der Waals surface area contributed by atoms with E-state index in [1.165, 1.54) is 10.4 Å². The molecule has 0 aliphatic heterocycles. The molecule has 0 spiro atoms. The zero-order valence-corrected chi connectivity index (χ0v) is 12.3. The van der Waals surface area contributed by atoms with Gasteiger partial charge < -0.3 is 10.6 Å². The average Bonchev–Trinajstić information content (AvgIpc) is 2.91. The summed E-state index contributed by atoms with van der Waals surface area (Å²) in [5.41, 5.74) is 1.31. The van der Waals surface area contributed by atoms with E-state index in [4.69, 9.17) is 0 Å². The minimum Gasteiger partial charge on any atom is -0.370 e. The van der Waals surface area contributed by atoms with Crippen molar-refractivity contribution in [1.82, 2.24) is 9.97 Å². The fraction of sp³-hybridized carbons (Fsp3) is 0.429. The molecule has 2 rings (SSSR count). The Labute approximate surface area is 118 Å². The van der Waals surface area contributed by atoms with Gasteiger partial charge in [0.1, 0.15) is 5.82 Å². The third-order valence-electron chi connectivity index (χ3n) is 2.81. The minimum atomic E-state index is 0.969. The number of nitrogens with one attached hydrogen (secondary N) is 2. The third-order valence-corrected chi connectivity index (χ3v) is 3.88. The first kappa shape index (κ1) is 13.8. The number of aryl methyl sites for hydroxylation is 2. The molecule has 19 heavy (non-hydrogen) atoms. The van der Waals surface area contributed by atoms with Gasteiger partial charge in [-0.2, -0.15) is 0 Å². The largest absolute Gasteiger partial charge is 0.370 e. The summed E-state index contributed by atoms with van der Waals surface area (Å²) in [5, 5.41) is 7.36. The lowest BCUT2D eigenvalue weighted by atomic mass is 10.1. The predicted octanol–water partition coefficient (Wildman–Crippen LogP) is 3.19. The Morgan fingerprint density at radius 2 is 2.16 bits per heavy atom. The molecule has 0 radical (unpaired) electrons. The van der Waals surface area contributed by atoms with Crippen molar-refractivity contribution in [3.05, 3.63) is 35.0 Å². The first-order chi connectivity index (χ1) is 9.31. The molecule has 2 aromatic heterocycles. The number of aromatic nitrogens is 2. The van der Waals surface area contributed by atoms with Gasteiger partial charge >= 0.3 is 0 Å². The molecule has 2 heterocycles. The molecule has 102 valence electrons. The molecule has 0 saturated heterocycles. The molecule has 5 heteroatoms. The van der Waals surface area contributed by atoms with Crippen molar-refractivity contribution in [1.29, 1.82) is 0 Å². The molecule has 0 fully saturated rings. The quantitative estimate of drug-likeness (QED) is 0.815.